The van der Waals surface area contributed by atoms with Crippen LogP contribution in [0.3, 0.4) is 0 Å². The van der Waals surface area contributed by atoms with Crippen LogP contribution in [-0.2, 0) is 13.1 Å². The van der Waals surface area contributed by atoms with Crippen LogP contribution < -0.4 is 5.32 Å². The lowest BCUT2D eigenvalue weighted by Crippen LogP contribution is -2.07. The monoisotopic (exact) mass is 167 g/mol. The quantitative estimate of drug-likeness (QED) is 0.718. The fourth-order valence-electron chi connectivity index (χ4n) is 1.12. The zero-order valence-electron chi connectivity index (χ0n) is 7.88. The van der Waals surface area contributed by atoms with Gasteiger partial charge in [0, 0.05) is 19.3 Å². The van der Waals surface area contributed by atoms with Crippen LogP contribution in [0.5, 0.6) is 0 Å². The van der Waals surface area contributed by atoms with Gasteiger partial charge in [-0.25, -0.2) is 0 Å². The molecule has 3 nitrogen and oxygen atoms in total. The van der Waals surface area contributed by atoms with E-state index >= 15 is 0 Å². The van der Waals surface area contributed by atoms with E-state index in [2.05, 4.69) is 23.4 Å². The molecule has 1 aromatic heterocycles. The van der Waals surface area contributed by atoms with E-state index in [1.165, 1.54) is 12.8 Å². The van der Waals surface area contributed by atoms with Crippen molar-refractivity contribution >= 4 is 0 Å². The van der Waals surface area contributed by atoms with E-state index < -0.39 is 0 Å². The van der Waals surface area contributed by atoms with E-state index in [9.17, 15) is 0 Å². The molecular weight excluding hydrogens is 150 g/mol. The predicted octanol–water partition coefficient (Wildman–Crippen LogP) is 1.40. The van der Waals surface area contributed by atoms with Gasteiger partial charge in [-0.3, -0.25) is 4.68 Å². The summed E-state index contributed by atoms with van der Waals surface area (Å²) >= 11 is 0. The summed E-state index contributed by atoms with van der Waals surface area (Å²) in [6, 6.07) is 2.06. The van der Waals surface area contributed by atoms with Crippen molar-refractivity contribution in [2.75, 3.05) is 7.05 Å². The number of aryl methyl sites for hydroxylation is 1. The molecule has 0 atom stereocenters. The standard InChI is InChI=1S/C9H17N3/c1-3-4-6-12-7-5-9(11-12)8-10-2/h5,7,10H,3-4,6,8H2,1-2H3. The van der Waals surface area contributed by atoms with Crippen LogP contribution in [0.25, 0.3) is 0 Å². The second-order valence-electron chi connectivity index (χ2n) is 2.95. The normalized spacial score (nSPS) is 10.5. The van der Waals surface area contributed by atoms with Crippen LogP contribution in [0.15, 0.2) is 12.3 Å². The van der Waals surface area contributed by atoms with Crippen molar-refractivity contribution in [3.8, 4) is 0 Å². The highest BCUT2D eigenvalue weighted by molar-refractivity contribution is 4.97. The molecule has 1 N–H and O–H groups in total. The fraction of sp³-hybridized carbons (Fsp3) is 0.667. The van der Waals surface area contributed by atoms with Crippen molar-refractivity contribution < 1.29 is 0 Å². The minimum atomic E-state index is 0.860. The van der Waals surface area contributed by atoms with E-state index in [-0.39, 0.29) is 0 Å². The van der Waals surface area contributed by atoms with Crippen molar-refractivity contribution in [2.24, 2.45) is 0 Å². The molecule has 0 spiro atoms. The molecule has 0 aliphatic carbocycles. The molecule has 12 heavy (non-hydrogen) atoms. The summed E-state index contributed by atoms with van der Waals surface area (Å²) < 4.78 is 2.01. The average molecular weight is 167 g/mol. The molecule has 0 bridgehead atoms. The summed E-state index contributed by atoms with van der Waals surface area (Å²) in [6.45, 7) is 4.09. The molecule has 1 heterocycles. The minimum absolute atomic E-state index is 0.860. The van der Waals surface area contributed by atoms with Gasteiger partial charge in [0.1, 0.15) is 0 Å². The highest BCUT2D eigenvalue weighted by Crippen LogP contribution is 1.97. The summed E-state index contributed by atoms with van der Waals surface area (Å²) in [5, 5.41) is 7.47. The third-order valence-corrected chi connectivity index (χ3v) is 1.79. The summed E-state index contributed by atoms with van der Waals surface area (Å²) in [6.07, 6.45) is 4.48. The Hall–Kier alpha value is -0.830. The fourth-order valence-corrected chi connectivity index (χ4v) is 1.12. The number of aromatic nitrogens is 2. The van der Waals surface area contributed by atoms with Gasteiger partial charge in [-0.15, -0.1) is 0 Å². The van der Waals surface area contributed by atoms with Gasteiger partial charge in [0.25, 0.3) is 0 Å². The molecule has 1 aromatic rings. The molecule has 0 aromatic carbocycles. The Morgan fingerprint density at radius 2 is 2.42 bits per heavy atom. The Morgan fingerprint density at radius 1 is 1.58 bits per heavy atom. The molecule has 0 amide bonds. The predicted molar refractivity (Wildman–Crippen MR) is 49.9 cm³/mol. The van der Waals surface area contributed by atoms with Gasteiger partial charge in [-0.1, -0.05) is 13.3 Å². The lowest BCUT2D eigenvalue weighted by molar-refractivity contribution is 0.562. The van der Waals surface area contributed by atoms with Crippen LogP contribution >= 0.6 is 0 Å². The van der Waals surface area contributed by atoms with Crippen molar-refractivity contribution in [3.63, 3.8) is 0 Å². The third kappa shape index (κ3) is 2.66. The number of hydrogen-bond donors (Lipinski definition) is 1. The topological polar surface area (TPSA) is 29.9 Å². The molecule has 0 saturated heterocycles. The summed E-state index contributed by atoms with van der Waals surface area (Å²) in [5.41, 5.74) is 1.12. The largest absolute Gasteiger partial charge is 0.314 e. The molecule has 0 radical (unpaired) electrons. The molecule has 0 fully saturated rings. The lowest BCUT2D eigenvalue weighted by Gasteiger charge is -1.98. The Labute approximate surface area is 73.8 Å². The minimum Gasteiger partial charge on any atom is -0.314 e. The highest BCUT2D eigenvalue weighted by Gasteiger charge is 1.95. The van der Waals surface area contributed by atoms with E-state index in [0.717, 1.165) is 18.8 Å². The first-order chi connectivity index (χ1) is 5.86. The second kappa shape index (κ2) is 4.93. The molecule has 68 valence electrons. The van der Waals surface area contributed by atoms with Crippen molar-refractivity contribution in [2.45, 2.75) is 32.9 Å². The Morgan fingerprint density at radius 3 is 3.08 bits per heavy atom. The number of unbranched alkanes of at least 4 members (excludes halogenated alkanes) is 1. The van der Waals surface area contributed by atoms with Crippen LogP contribution in [0.2, 0.25) is 0 Å². The van der Waals surface area contributed by atoms with Gasteiger partial charge in [-0.05, 0) is 19.5 Å². The Balaban J connectivity index is 2.41. The van der Waals surface area contributed by atoms with Gasteiger partial charge in [-0.2, -0.15) is 5.10 Å². The highest BCUT2D eigenvalue weighted by atomic mass is 15.3. The average Bonchev–Trinajstić information content (AvgIpc) is 2.50. The van der Waals surface area contributed by atoms with Crippen molar-refractivity contribution in [3.05, 3.63) is 18.0 Å². The maximum Gasteiger partial charge on any atom is 0.0762 e. The van der Waals surface area contributed by atoms with Gasteiger partial charge >= 0.3 is 0 Å². The molecule has 1 rings (SSSR count). The van der Waals surface area contributed by atoms with Gasteiger partial charge in [0.05, 0.1) is 5.69 Å². The van der Waals surface area contributed by atoms with Crippen LogP contribution in [0.1, 0.15) is 25.5 Å². The first kappa shape index (κ1) is 9.26. The molecule has 3 heteroatoms. The molecule has 0 unspecified atom stereocenters. The molecular formula is C9H17N3. The van der Waals surface area contributed by atoms with Crippen LogP contribution in [0, 0.1) is 0 Å². The first-order valence-electron chi connectivity index (χ1n) is 4.53. The molecule has 0 aliphatic rings. The van der Waals surface area contributed by atoms with Crippen LogP contribution in [-0.4, -0.2) is 16.8 Å². The van der Waals surface area contributed by atoms with Crippen LogP contribution in [0.4, 0.5) is 0 Å². The number of hydrogen-bond acceptors (Lipinski definition) is 2. The molecule has 0 aliphatic heterocycles. The van der Waals surface area contributed by atoms with E-state index in [0.29, 0.717) is 0 Å². The van der Waals surface area contributed by atoms with Gasteiger partial charge in [0.15, 0.2) is 0 Å². The smallest absolute Gasteiger partial charge is 0.0762 e. The van der Waals surface area contributed by atoms with E-state index in [1.54, 1.807) is 0 Å². The zero-order valence-corrected chi connectivity index (χ0v) is 7.88. The van der Waals surface area contributed by atoms with E-state index in [1.807, 2.05) is 17.9 Å². The van der Waals surface area contributed by atoms with E-state index in [4.69, 9.17) is 0 Å². The number of nitrogens with one attached hydrogen (secondary N) is 1. The summed E-state index contributed by atoms with van der Waals surface area (Å²) in [4.78, 5) is 0. The van der Waals surface area contributed by atoms with Gasteiger partial charge in [0.2, 0.25) is 0 Å². The Bertz CT molecular complexity index is 217. The van der Waals surface area contributed by atoms with Crippen molar-refractivity contribution in [1.82, 2.24) is 15.1 Å². The number of rotatable bonds is 5. The number of nitrogens with zero attached hydrogens (tertiary/aromatic N) is 2. The maximum absolute atomic E-state index is 4.39. The van der Waals surface area contributed by atoms with Crippen molar-refractivity contribution in [1.29, 1.82) is 0 Å². The Kier molecular flexibility index (Phi) is 3.80. The molecule has 0 saturated carbocycles. The zero-order chi connectivity index (χ0) is 8.81. The SMILES string of the molecule is CCCCn1ccc(CNC)n1. The lowest BCUT2D eigenvalue weighted by atomic mass is 10.3. The third-order valence-electron chi connectivity index (χ3n) is 1.79. The summed E-state index contributed by atoms with van der Waals surface area (Å²) in [7, 11) is 1.94. The second-order valence-corrected chi connectivity index (χ2v) is 2.95. The summed E-state index contributed by atoms with van der Waals surface area (Å²) in [5.74, 6) is 0. The maximum atomic E-state index is 4.39. The first-order valence-corrected chi connectivity index (χ1v) is 4.53. The van der Waals surface area contributed by atoms with Gasteiger partial charge < -0.3 is 5.32 Å².